The van der Waals surface area contributed by atoms with Gasteiger partial charge < -0.3 is 15.4 Å². The normalized spacial score (nSPS) is 11.1. The molecule has 0 heterocycles. The number of nitrogens with one attached hydrogen (secondary N) is 3. The SMILES string of the molecule is COCCNCCNC(=O)CCNS(=O)(=O)c1c(C)cc(C)cc1C.Cl. The van der Waals surface area contributed by atoms with Crippen molar-refractivity contribution in [1.82, 2.24) is 15.4 Å². The van der Waals surface area contributed by atoms with Crippen LogP contribution in [0.1, 0.15) is 23.1 Å². The first kappa shape index (κ1) is 24.8. The third kappa shape index (κ3) is 8.46. The van der Waals surface area contributed by atoms with Crippen LogP contribution in [-0.4, -0.2) is 54.2 Å². The predicted molar refractivity (Wildman–Crippen MR) is 105 cm³/mol. The summed E-state index contributed by atoms with van der Waals surface area (Å²) in [6, 6.07) is 3.68. The van der Waals surface area contributed by atoms with E-state index in [4.69, 9.17) is 4.74 Å². The Morgan fingerprint density at radius 2 is 1.65 bits per heavy atom. The second kappa shape index (κ2) is 12.2. The van der Waals surface area contributed by atoms with Gasteiger partial charge in [-0.2, -0.15) is 0 Å². The van der Waals surface area contributed by atoms with Crippen molar-refractivity contribution < 1.29 is 17.9 Å². The van der Waals surface area contributed by atoms with E-state index in [0.717, 1.165) is 12.1 Å². The van der Waals surface area contributed by atoms with Gasteiger partial charge in [-0.3, -0.25) is 4.79 Å². The molecular formula is C17H30ClN3O4S. The summed E-state index contributed by atoms with van der Waals surface area (Å²) in [5, 5.41) is 5.85. The van der Waals surface area contributed by atoms with E-state index in [0.29, 0.717) is 35.7 Å². The Kier molecular flexibility index (Phi) is 11.7. The summed E-state index contributed by atoms with van der Waals surface area (Å²) in [6.45, 7) is 8.02. The number of aryl methyl sites for hydroxylation is 3. The van der Waals surface area contributed by atoms with Gasteiger partial charge in [-0.05, 0) is 31.9 Å². The predicted octanol–water partition coefficient (Wildman–Crippen LogP) is 1.05. The molecule has 0 fully saturated rings. The molecule has 0 aliphatic rings. The summed E-state index contributed by atoms with van der Waals surface area (Å²) < 4.78 is 32.3. The van der Waals surface area contributed by atoms with Crippen LogP contribution in [0, 0.1) is 20.8 Å². The molecule has 26 heavy (non-hydrogen) atoms. The van der Waals surface area contributed by atoms with E-state index < -0.39 is 10.0 Å². The van der Waals surface area contributed by atoms with E-state index in [1.54, 1.807) is 21.0 Å². The van der Waals surface area contributed by atoms with Crippen molar-refractivity contribution in [2.24, 2.45) is 0 Å². The zero-order valence-corrected chi connectivity index (χ0v) is 17.5. The Labute approximate surface area is 162 Å². The topological polar surface area (TPSA) is 96.5 Å². The number of ether oxygens (including phenoxy) is 1. The summed E-state index contributed by atoms with van der Waals surface area (Å²) in [7, 11) is -2.00. The number of carbonyl (C=O) groups is 1. The summed E-state index contributed by atoms with van der Waals surface area (Å²) in [4.78, 5) is 12.0. The van der Waals surface area contributed by atoms with E-state index in [2.05, 4.69) is 15.4 Å². The van der Waals surface area contributed by atoms with E-state index >= 15 is 0 Å². The van der Waals surface area contributed by atoms with E-state index in [1.165, 1.54) is 0 Å². The lowest BCUT2D eigenvalue weighted by Gasteiger charge is -2.13. The number of amides is 1. The molecule has 1 amide bonds. The highest BCUT2D eigenvalue weighted by Gasteiger charge is 2.19. The van der Waals surface area contributed by atoms with Gasteiger partial charge in [0, 0.05) is 39.7 Å². The first-order chi connectivity index (χ1) is 11.8. The van der Waals surface area contributed by atoms with Crippen LogP contribution in [0.25, 0.3) is 0 Å². The quantitative estimate of drug-likeness (QED) is 0.476. The van der Waals surface area contributed by atoms with Gasteiger partial charge >= 0.3 is 0 Å². The van der Waals surface area contributed by atoms with Crippen LogP contribution < -0.4 is 15.4 Å². The van der Waals surface area contributed by atoms with Crippen LogP contribution in [0.2, 0.25) is 0 Å². The average molecular weight is 408 g/mol. The van der Waals surface area contributed by atoms with Crippen LogP contribution in [0.3, 0.4) is 0 Å². The maximum atomic E-state index is 12.5. The number of halogens is 1. The zero-order chi connectivity index (χ0) is 18.9. The minimum Gasteiger partial charge on any atom is -0.383 e. The highest BCUT2D eigenvalue weighted by molar-refractivity contribution is 7.89. The number of methoxy groups -OCH3 is 1. The lowest BCUT2D eigenvalue weighted by atomic mass is 10.1. The third-order valence-corrected chi connectivity index (χ3v) is 5.39. The molecule has 0 atom stereocenters. The van der Waals surface area contributed by atoms with Crippen molar-refractivity contribution in [3.63, 3.8) is 0 Å². The molecule has 0 aliphatic carbocycles. The van der Waals surface area contributed by atoms with Gasteiger partial charge in [-0.25, -0.2) is 13.1 Å². The summed E-state index contributed by atoms with van der Waals surface area (Å²) in [5.41, 5.74) is 2.43. The molecule has 1 rings (SSSR count). The molecule has 0 radical (unpaired) electrons. The standard InChI is InChI=1S/C17H29N3O4S.ClH/c1-13-11-14(2)17(15(3)12-13)25(22,23)20-6-5-16(21)19-8-7-18-9-10-24-4;/h11-12,18,20H,5-10H2,1-4H3,(H,19,21);1H. The molecule has 9 heteroatoms. The number of carbonyl (C=O) groups excluding carboxylic acids is 1. The van der Waals surface area contributed by atoms with Crippen molar-refractivity contribution in [1.29, 1.82) is 0 Å². The van der Waals surface area contributed by atoms with Gasteiger partial charge in [-0.1, -0.05) is 17.7 Å². The van der Waals surface area contributed by atoms with Crippen molar-refractivity contribution >= 4 is 28.3 Å². The van der Waals surface area contributed by atoms with Crippen LogP contribution in [0.5, 0.6) is 0 Å². The second-order valence-corrected chi connectivity index (χ2v) is 7.67. The zero-order valence-electron chi connectivity index (χ0n) is 15.8. The molecule has 7 nitrogen and oxygen atoms in total. The molecule has 0 saturated heterocycles. The van der Waals surface area contributed by atoms with Gasteiger partial charge in [0.05, 0.1) is 11.5 Å². The maximum absolute atomic E-state index is 12.5. The highest BCUT2D eigenvalue weighted by Crippen LogP contribution is 2.21. The molecule has 0 aliphatic heterocycles. The Hall–Kier alpha value is -1.19. The first-order valence-corrected chi connectivity index (χ1v) is 9.80. The molecule has 0 saturated carbocycles. The molecule has 150 valence electrons. The largest absolute Gasteiger partial charge is 0.383 e. The maximum Gasteiger partial charge on any atom is 0.241 e. The summed E-state index contributed by atoms with van der Waals surface area (Å²) in [5.74, 6) is -0.186. The summed E-state index contributed by atoms with van der Waals surface area (Å²) in [6.07, 6.45) is 0.0985. The van der Waals surface area contributed by atoms with Crippen LogP contribution in [-0.2, 0) is 19.6 Å². The average Bonchev–Trinajstić information content (AvgIpc) is 2.49. The van der Waals surface area contributed by atoms with Crippen molar-refractivity contribution in [3.8, 4) is 0 Å². The lowest BCUT2D eigenvalue weighted by molar-refractivity contribution is -0.120. The van der Waals surface area contributed by atoms with E-state index in [-0.39, 0.29) is 31.3 Å². The fourth-order valence-electron chi connectivity index (χ4n) is 2.64. The molecule has 0 unspecified atom stereocenters. The molecule has 1 aromatic carbocycles. The van der Waals surface area contributed by atoms with E-state index in [9.17, 15) is 13.2 Å². The Bertz CT molecular complexity index is 658. The number of sulfonamides is 1. The smallest absolute Gasteiger partial charge is 0.241 e. The van der Waals surface area contributed by atoms with Crippen LogP contribution in [0.4, 0.5) is 0 Å². The Morgan fingerprint density at radius 3 is 2.23 bits per heavy atom. The minimum absolute atomic E-state index is 0. The molecule has 3 N–H and O–H groups in total. The molecule has 1 aromatic rings. The van der Waals surface area contributed by atoms with Gasteiger partial charge in [0.2, 0.25) is 15.9 Å². The van der Waals surface area contributed by atoms with Crippen molar-refractivity contribution in [3.05, 3.63) is 28.8 Å². The van der Waals surface area contributed by atoms with Gasteiger partial charge in [-0.15, -0.1) is 12.4 Å². The Morgan fingerprint density at radius 1 is 1.04 bits per heavy atom. The summed E-state index contributed by atoms with van der Waals surface area (Å²) >= 11 is 0. The third-order valence-electron chi connectivity index (χ3n) is 3.62. The monoisotopic (exact) mass is 407 g/mol. The Balaban J connectivity index is 0.00000625. The lowest BCUT2D eigenvalue weighted by Crippen LogP contribution is -2.35. The van der Waals surface area contributed by atoms with Gasteiger partial charge in [0.25, 0.3) is 0 Å². The molecule has 0 spiro atoms. The number of rotatable bonds is 11. The van der Waals surface area contributed by atoms with E-state index in [1.807, 2.05) is 19.1 Å². The molecule has 0 aromatic heterocycles. The van der Waals surface area contributed by atoms with Crippen LogP contribution >= 0.6 is 12.4 Å². The van der Waals surface area contributed by atoms with Crippen molar-refractivity contribution in [2.75, 3.05) is 39.9 Å². The molecule has 0 bridgehead atoms. The van der Waals surface area contributed by atoms with Crippen LogP contribution in [0.15, 0.2) is 17.0 Å². The number of benzene rings is 1. The first-order valence-electron chi connectivity index (χ1n) is 8.32. The second-order valence-electron chi connectivity index (χ2n) is 5.97. The minimum atomic E-state index is -3.63. The fraction of sp³-hybridized carbons (Fsp3) is 0.588. The van der Waals surface area contributed by atoms with Gasteiger partial charge in [0.1, 0.15) is 0 Å². The highest BCUT2D eigenvalue weighted by atomic mass is 35.5. The fourth-order valence-corrected chi connectivity index (χ4v) is 4.12. The van der Waals surface area contributed by atoms with Gasteiger partial charge in [0.15, 0.2) is 0 Å². The van der Waals surface area contributed by atoms with Crippen molar-refractivity contribution in [2.45, 2.75) is 32.1 Å². The number of hydrogen-bond acceptors (Lipinski definition) is 5. The molecular weight excluding hydrogens is 378 g/mol. The number of hydrogen-bond donors (Lipinski definition) is 3.